The van der Waals surface area contributed by atoms with Crippen LogP contribution in [0.2, 0.25) is 0 Å². The second-order valence-electron chi connectivity index (χ2n) is 15.3. The van der Waals surface area contributed by atoms with Gasteiger partial charge in [0.25, 0.3) is 11.8 Å². The number of hydrogen-bond acceptors (Lipinski definition) is 1. The maximum absolute atomic E-state index is 15.9. The van der Waals surface area contributed by atoms with E-state index in [0.29, 0.717) is 11.8 Å². The molecule has 2 aliphatic rings. The SMILES string of the molecule is CCCCCC1CCC(c2ccc(C(=O)c3ccc(C4CCC(CCCCC)CC4)cc3C(F)(F)CCC)c(C(F)(F)CCC)c2)CC1. The lowest BCUT2D eigenvalue weighted by Gasteiger charge is -2.30. The molecule has 0 N–H and O–H groups in total. The van der Waals surface area contributed by atoms with Gasteiger partial charge in [-0.3, -0.25) is 4.79 Å². The van der Waals surface area contributed by atoms with Gasteiger partial charge in [-0.15, -0.1) is 0 Å². The van der Waals surface area contributed by atoms with Crippen molar-refractivity contribution in [3.63, 3.8) is 0 Å². The summed E-state index contributed by atoms with van der Waals surface area (Å²) in [6, 6.07) is 9.75. The molecule has 0 heterocycles. The first kappa shape index (κ1) is 38.6. The van der Waals surface area contributed by atoms with E-state index in [9.17, 15) is 4.79 Å². The molecular formula is C43H62F4O. The zero-order valence-corrected chi connectivity index (χ0v) is 30.3. The lowest BCUT2D eigenvalue weighted by atomic mass is 9.75. The van der Waals surface area contributed by atoms with Gasteiger partial charge in [-0.05, 0) is 98.3 Å². The van der Waals surface area contributed by atoms with Crippen LogP contribution >= 0.6 is 0 Å². The molecule has 2 aromatic rings. The molecule has 0 aromatic heterocycles. The molecule has 0 atom stereocenters. The van der Waals surface area contributed by atoms with Crippen LogP contribution in [0.4, 0.5) is 17.6 Å². The summed E-state index contributed by atoms with van der Waals surface area (Å²) in [5, 5.41) is 0. The van der Waals surface area contributed by atoms with Crippen LogP contribution in [0.1, 0.15) is 206 Å². The maximum atomic E-state index is 15.9. The Bertz CT molecular complexity index is 1190. The molecule has 2 saturated carbocycles. The number of hydrogen-bond donors (Lipinski definition) is 0. The van der Waals surface area contributed by atoms with Gasteiger partial charge in [0.15, 0.2) is 5.78 Å². The van der Waals surface area contributed by atoms with Gasteiger partial charge < -0.3 is 0 Å². The van der Waals surface area contributed by atoms with Crippen LogP contribution in [-0.4, -0.2) is 5.78 Å². The van der Waals surface area contributed by atoms with Gasteiger partial charge in [0.2, 0.25) is 0 Å². The molecular weight excluding hydrogens is 608 g/mol. The predicted molar refractivity (Wildman–Crippen MR) is 192 cm³/mol. The van der Waals surface area contributed by atoms with Crippen molar-refractivity contribution in [3.05, 3.63) is 69.8 Å². The first-order valence-corrected chi connectivity index (χ1v) is 19.6. The van der Waals surface area contributed by atoms with E-state index in [2.05, 4.69) is 13.8 Å². The number of unbranched alkanes of at least 4 members (excludes halogenated alkanes) is 4. The predicted octanol–water partition coefficient (Wildman–Crippen LogP) is 14.4. The van der Waals surface area contributed by atoms with Crippen LogP contribution < -0.4 is 0 Å². The third-order valence-electron chi connectivity index (χ3n) is 11.6. The smallest absolute Gasteiger partial charge is 0.273 e. The number of carbonyl (C=O) groups excluding carboxylic acids is 1. The number of rotatable bonds is 18. The summed E-state index contributed by atoms with van der Waals surface area (Å²) in [4.78, 5) is 14.2. The van der Waals surface area contributed by atoms with E-state index >= 15 is 17.6 Å². The molecule has 48 heavy (non-hydrogen) atoms. The van der Waals surface area contributed by atoms with Crippen molar-refractivity contribution in [1.29, 1.82) is 0 Å². The summed E-state index contributed by atoms with van der Waals surface area (Å²) in [7, 11) is 0. The van der Waals surface area contributed by atoms with Crippen LogP contribution in [-0.2, 0) is 11.8 Å². The van der Waals surface area contributed by atoms with Crippen molar-refractivity contribution in [2.75, 3.05) is 0 Å². The van der Waals surface area contributed by atoms with E-state index in [4.69, 9.17) is 0 Å². The molecule has 0 amide bonds. The van der Waals surface area contributed by atoms with Crippen molar-refractivity contribution in [2.24, 2.45) is 11.8 Å². The molecule has 0 saturated heterocycles. The van der Waals surface area contributed by atoms with Crippen LogP contribution in [0, 0.1) is 11.8 Å². The van der Waals surface area contributed by atoms with E-state index in [-0.39, 0.29) is 59.8 Å². The van der Waals surface area contributed by atoms with E-state index in [1.165, 1.54) is 63.5 Å². The third kappa shape index (κ3) is 9.96. The van der Waals surface area contributed by atoms with Crippen molar-refractivity contribution < 1.29 is 22.4 Å². The van der Waals surface area contributed by atoms with Gasteiger partial charge in [0.1, 0.15) is 0 Å². The van der Waals surface area contributed by atoms with E-state index in [0.717, 1.165) is 62.5 Å². The zero-order chi connectivity index (χ0) is 34.7. The molecule has 2 fully saturated rings. The van der Waals surface area contributed by atoms with Gasteiger partial charge in [-0.2, -0.15) is 0 Å². The standard InChI is InChI=1S/C43H62F4O/c1-5-9-11-13-31-15-19-33(20-16-31)35-23-25-37(39(29-35)42(44,45)27-7-3)41(48)38-26-24-36(30-40(38)43(46,47)28-8-4)34-21-17-32(18-22-34)14-12-10-6-2/h23-26,29-34H,5-22,27-28H2,1-4H3. The Labute approximate surface area is 289 Å². The van der Waals surface area contributed by atoms with Crippen molar-refractivity contribution >= 4 is 5.78 Å². The number of benzene rings is 2. The van der Waals surface area contributed by atoms with Crippen LogP contribution in [0.15, 0.2) is 36.4 Å². The average Bonchev–Trinajstić information content (AvgIpc) is 3.08. The monoisotopic (exact) mass is 670 g/mol. The van der Waals surface area contributed by atoms with Crippen LogP contribution in [0.5, 0.6) is 0 Å². The van der Waals surface area contributed by atoms with E-state index in [1.807, 2.05) is 12.1 Å². The molecule has 2 aromatic carbocycles. The molecule has 0 aliphatic heterocycles. The molecule has 2 aliphatic carbocycles. The molecule has 4 rings (SSSR count). The highest BCUT2D eigenvalue weighted by atomic mass is 19.3. The first-order valence-electron chi connectivity index (χ1n) is 19.6. The molecule has 268 valence electrons. The van der Waals surface area contributed by atoms with Crippen molar-refractivity contribution in [3.8, 4) is 0 Å². The molecule has 0 spiro atoms. The lowest BCUT2D eigenvalue weighted by Crippen LogP contribution is -2.23. The minimum atomic E-state index is -3.23. The normalized spacial score (nSPS) is 22.2. The first-order chi connectivity index (χ1) is 23.0. The lowest BCUT2D eigenvalue weighted by molar-refractivity contribution is -0.0152. The van der Waals surface area contributed by atoms with Gasteiger partial charge >= 0.3 is 0 Å². The molecule has 1 nitrogen and oxygen atoms in total. The molecule has 0 bridgehead atoms. The number of ketones is 1. The summed E-state index contributed by atoms with van der Waals surface area (Å²) in [5.74, 6) is -5.42. The fourth-order valence-electron chi connectivity index (χ4n) is 8.61. The van der Waals surface area contributed by atoms with Crippen LogP contribution in [0.3, 0.4) is 0 Å². The quantitative estimate of drug-likeness (QED) is 0.0876. The Morgan fingerprint density at radius 3 is 1.27 bits per heavy atom. The fourth-order valence-corrected chi connectivity index (χ4v) is 8.61. The summed E-state index contributed by atoms with van der Waals surface area (Å²) < 4.78 is 63.5. The van der Waals surface area contributed by atoms with Gasteiger partial charge in [-0.25, -0.2) is 17.6 Å². The minimum Gasteiger partial charge on any atom is -0.289 e. The Morgan fingerprint density at radius 2 is 0.938 bits per heavy atom. The highest BCUT2D eigenvalue weighted by Gasteiger charge is 2.39. The topological polar surface area (TPSA) is 17.1 Å². The highest BCUT2D eigenvalue weighted by Crippen LogP contribution is 2.45. The van der Waals surface area contributed by atoms with Gasteiger partial charge in [0.05, 0.1) is 0 Å². The Kier molecular flexibility index (Phi) is 14.6. The molecule has 0 radical (unpaired) electrons. The highest BCUT2D eigenvalue weighted by molar-refractivity contribution is 6.11. The Morgan fingerprint density at radius 1 is 0.562 bits per heavy atom. The number of halogens is 4. The number of alkyl halides is 4. The van der Waals surface area contributed by atoms with Crippen LogP contribution in [0.25, 0.3) is 0 Å². The zero-order valence-electron chi connectivity index (χ0n) is 30.3. The molecule has 0 unspecified atom stereocenters. The van der Waals surface area contributed by atoms with Crippen molar-refractivity contribution in [2.45, 2.75) is 180 Å². The summed E-state index contributed by atoms with van der Waals surface area (Å²) in [5.41, 5.74) is 0.820. The fraction of sp³-hybridized carbons (Fsp3) is 0.698. The van der Waals surface area contributed by atoms with Crippen molar-refractivity contribution in [1.82, 2.24) is 0 Å². The summed E-state index contributed by atoms with van der Waals surface area (Å²) in [6.07, 6.45) is 17.8. The molecule has 5 heteroatoms. The maximum Gasteiger partial charge on any atom is 0.273 e. The summed E-state index contributed by atoms with van der Waals surface area (Å²) >= 11 is 0. The average molecular weight is 671 g/mol. The second-order valence-corrected chi connectivity index (χ2v) is 15.3. The van der Waals surface area contributed by atoms with Gasteiger partial charge in [-0.1, -0.05) is 116 Å². The second kappa shape index (κ2) is 18.2. The minimum absolute atomic E-state index is 0.140. The van der Waals surface area contributed by atoms with E-state index < -0.39 is 17.6 Å². The third-order valence-corrected chi connectivity index (χ3v) is 11.6. The summed E-state index contributed by atoms with van der Waals surface area (Å²) in [6.45, 7) is 7.84. The largest absolute Gasteiger partial charge is 0.289 e. The van der Waals surface area contributed by atoms with E-state index in [1.54, 1.807) is 26.0 Å². The Balaban J connectivity index is 1.63. The Hall–Kier alpha value is -2.17. The van der Waals surface area contributed by atoms with Gasteiger partial charge in [0, 0.05) is 35.1 Å². The number of carbonyl (C=O) groups is 1.